The maximum absolute atomic E-state index is 6.05. The minimum Gasteiger partial charge on any atom is -0.383 e. The van der Waals surface area contributed by atoms with Gasteiger partial charge in [0.15, 0.2) is 5.82 Å². The summed E-state index contributed by atoms with van der Waals surface area (Å²) in [7, 11) is 0. The number of anilines is 1. The molecule has 1 aliphatic carbocycles. The molecule has 0 amide bonds. The lowest BCUT2D eigenvalue weighted by Crippen LogP contribution is -2.17. The van der Waals surface area contributed by atoms with Crippen molar-refractivity contribution in [3.8, 4) is 11.4 Å². The summed E-state index contributed by atoms with van der Waals surface area (Å²) in [5, 5.41) is 0. The van der Waals surface area contributed by atoms with E-state index in [0.29, 0.717) is 11.6 Å². The Bertz CT molecular complexity index is 668. The maximum Gasteiger partial charge on any atom is 0.161 e. The normalized spacial score (nSPS) is 15.2. The molecule has 1 saturated carbocycles. The molecular weight excluding hydrogens is 326 g/mol. The molecule has 21 heavy (non-hydrogen) atoms. The van der Waals surface area contributed by atoms with Gasteiger partial charge in [0.1, 0.15) is 5.82 Å². The lowest BCUT2D eigenvalue weighted by atomic mass is 9.91. The highest BCUT2D eigenvalue weighted by molar-refractivity contribution is 9.10. The van der Waals surface area contributed by atoms with Gasteiger partial charge in [-0.3, -0.25) is 0 Å². The lowest BCUT2D eigenvalue weighted by molar-refractivity contribution is 0.565. The molecule has 0 saturated heterocycles. The van der Waals surface area contributed by atoms with Crippen molar-refractivity contribution in [3.63, 3.8) is 0 Å². The standard InChI is InChI=1S/C17H20BrN3/c1-17(2,3)14-13(18)15(19)21-16(20-14)12-8-6-11(7-9-12)10-4-5-10/h6-10H,4-5H2,1-3H3,(H2,19,20,21). The van der Waals surface area contributed by atoms with Crippen LogP contribution in [0.5, 0.6) is 0 Å². The van der Waals surface area contributed by atoms with Crippen LogP contribution in [0.25, 0.3) is 11.4 Å². The van der Waals surface area contributed by atoms with Crippen molar-refractivity contribution in [2.24, 2.45) is 0 Å². The third-order valence-electron chi connectivity index (χ3n) is 3.80. The molecule has 4 heteroatoms. The average molecular weight is 346 g/mol. The fourth-order valence-electron chi connectivity index (χ4n) is 2.41. The van der Waals surface area contributed by atoms with Crippen LogP contribution in [-0.4, -0.2) is 9.97 Å². The summed E-state index contributed by atoms with van der Waals surface area (Å²) >= 11 is 3.51. The van der Waals surface area contributed by atoms with Crippen molar-refractivity contribution in [2.75, 3.05) is 5.73 Å². The van der Waals surface area contributed by atoms with Crippen LogP contribution in [-0.2, 0) is 5.41 Å². The molecule has 0 spiro atoms. The van der Waals surface area contributed by atoms with E-state index in [1.54, 1.807) is 0 Å². The predicted molar refractivity (Wildman–Crippen MR) is 90.3 cm³/mol. The smallest absolute Gasteiger partial charge is 0.161 e. The molecule has 1 aliphatic rings. The van der Waals surface area contributed by atoms with Gasteiger partial charge in [0.25, 0.3) is 0 Å². The average Bonchev–Trinajstić information content (AvgIpc) is 3.25. The SMILES string of the molecule is CC(C)(C)c1nc(-c2ccc(C3CC3)cc2)nc(N)c1Br. The number of aromatic nitrogens is 2. The zero-order valence-electron chi connectivity index (χ0n) is 12.7. The summed E-state index contributed by atoms with van der Waals surface area (Å²) in [5.41, 5.74) is 9.34. The van der Waals surface area contributed by atoms with Crippen molar-refractivity contribution >= 4 is 21.7 Å². The Kier molecular flexibility index (Phi) is 3.52. The van der Waals surface area contributed by atoms with Crippen molar-refractivity contribution in [3.05, 3.63) is 40.0 Å². The molecule has 1 aromatic heterocycles. The summed E-state index contributed by atoms with van der Waals surface area (Å²) in [6.45, 7) is 6.37. The lowest BCUT2D eigenvalue weighted by Gasteiger charge is -2.21. The van der Waals surface area contributed by atoms with Crippen LogP contribution in [0.2, 0.25) is 0 Å². The fourth-order valence-corrected chi connectivity index (χ4v) is 3.18. The first-order chi connectivity index (χ1) is 9.86. The first-order valence-corrected chi connectivity index (χ1v) is 8.09. The quantitative estimate of drug-likeness (QED) is 0.860. The van der Waals surface area contributed by atoms with Crippen LogP contribution in [0, 0.1) is 0 Å². The first kappa shape index (κ1) is 14.5. The van der Waals surface area contributed by atoms with E-state index in [-0.39, 0.29) is 5.41 Å². The second-order valence-corrected chi connectivity index (χ2v) is 7.53. The number of rotatable bonds is 2. The van der Waals surface area contributed by atoms with E-state index < -0.39 is 0 Å². The van der Waals surface area contributed by atoms with Crippen LogP contribution in [0.15, 0.2) is 28.7 Å². The summed E-state index contributed by atoms with van der Waals surface area (Å²) in [4.78, 5) is 9.15. The summed E-state index contributed by atoms with van der Waals surface area (Å²) in [5.74, 6) is 1.96. The minimum absolute atomic E-state index is 0.0847. The zero-order chi connectivity index (χ0) is 15.2. The highest BCUT2D eigenvalue weighted by atomic mass is 79.9. The second-order valence-electron chi connectivity index (χ2n) is 6.74. The van der Waals surface area contributed by atoms with Crippen molar-refractivity contribution in [1.29, 1.82) is 0 Å². The molecule has 0 radical (unpaired) electrons. The highest BCUT2D eigenvalue weighted by Gasteiger charge is 2.24. The number of hydrogen-bond donors (Lipinski definition) is 1. The summed E-state index contributed by atoms with van der Waals surface area (Å²) < 4.78 is 0.799. The van der Waals surface area contributed by atoms with Gasteiger partial charge < -0.3 is 5.73 Å². The molecule has 1 fully saturated rings. The Morgan fingerprint density at radius 2 is 1.71 bits per heavy atom. The molecule has 1 heterocycles. The van der Waals surface area contributed by atoms with Gasteiger partial charge in [-0.15, -0.1) is 0 Å². The van der Waals surface area contributed by atoms with Gasteiger partial charge in [-0.1, -0.05) is 45.0 Å². The van der Waals surface area contributed by atoms with E-state index in [0.717, 1.165) is 21.6 Å². The van der Waals surface area contributed by atoms with Crippen molar-refractivity contribution < 1.29 is 0 Å². The second kappa shape index (κ2) is 5.09. The van der Waals surface area contributed by atoms with Gasteiger partial charge >= 0.3 is 0 Å². The first-order valence-electron chi connectivity index (χ1n) is 7.30. The van der Waals surface area contributed by atoms with E-state index in [9.17, 15) is 0 Å². The molecule has 3 rings (SSSR count). The molecule has 1 aromatic carbocycles. The van der Waals surface area contributed by atoms with Gasteiger partial charge in [0.2, 0.25) is 0 Å². The molecule has 0 atom stereocenters. The maximum atomic E-state index is 6.05. The summed E-state index contributed by atoms with van der Waals surface area (Å²) in [6, 6.07) is 8.57. The van der Waals surface area contributed by atoms with Gasteiger partial charge in [-0.25, -0.2) is 9.97 Å². The number of nitrogens with zero attached hydrogens (tertiary/aromatic N) is 2. The molecule has 0 aliphatic heterocycles. The molecule has 2 N–H and O–H groups in total. The third-order valence-corrected chi connectivity index (χ3v) is 4.59. The molecular formula is C17H20BrN3. The predicted octanol–water partition coefficient (Wildman–Crippen LogP) is 4.66. The van der Waals surface area contributed by atoms with Gasteiger partial charge in [-0.2, -0.15) is 0 Å². The van der Waals surface area contributed by atoms with E-state index in [2.05, 4.69) is 66.0 Å². The van der Waals surface area contributed by atoms with E-state index in [1.165, 1.54) is 18.4 Å². The Morgan fingerprint density at radius 3 is 2.24 bits per heavy atom. The zero-order valence-corrected chi connectivity index (χ0v) is 14.2. The Labute approximate surface area is 134 Å². The molecule has 0 bridgehead atoms. The molecule has 2 aromatic rings. The minimum atomic E-state index is -0.0847. The third kappa shape index (κ3) is 2.95. The molecule has 3 nitrogen and oxygen atoms in total. The van der Waals surface area contributed by atoms with Crippen LogP contribution in [0.4, 0.5) is 5.82 Å². The Hall–Kier alpha value is -1.42. The van der Waals surface area contributed by atoms with Gasteiger partial charge in [0, 0.05) is 11.0 Å². The number of benzene rings is 1. The van der Waals surface area contributed by atoms with Gasteiger partial charge in [0.05, 0.1) is 10.2 Å². The Balaban J connectivity index is 2.03. The fraction of sp³-hybridized carbons (Fsp3) is 0.412. The van der Waals surface area contributed by atoms with Crippen molar-refractivity contribution in [2.45, 2.75) is 44.9 Å². The van der Waals surface area contributed by atoms with Crippen LogP contribution in [0.1, 0.15) is 50.8 Å². The molecule has 110 valence electrons. The van der Waals surface area contributed by atoms with Crippen LogP contribution in [0.3, 0.4) is 0 Å². The Morgan fingerprint density at radius 1 is 1.10 bits per heavy atom. The van der Waals surface area contributed by atoms with Crippen LogP contribution < -0.4 is 5.73 Å². The topological polar surface area (TPSA) is 51.8 Å². The van der Waals surface area contributed by atoms with Crippen molar-refractivity contribution in [1.82, 2.24) is 9.97 Å². The highest BCUT2D eigenvalue weighted by Crippen LogP contribution is 2.40. The number of hydrogen-bond acceptors (Lipinski definition) is 3. The largest absolute Gasteiger partial charge is 0.383 e. The monoisotopic (exact) mass is 345 g/mol. The number of nitrogens with two attached hydrogens (primary N) is 1. The van der Waals surface area contributed by atoms with Gasteiger partial charge in [-0.05, 0) is 40.3 Å². The van der Waals surface area contributed by atoms with E-state index >= 15 is 0 Å². The molecule has 0 unspecified atom stereocenters. The van der Waals surface area contributed by atoms with E-state index in [4.69, 9.17) is 10.7 Å². The van der Waals surface area contributed by atoms with E-state index in [1.807, 2.05) is 0 Å². The number of nitrogen functional groups attached to an aromatic ring is 1. The summed E-state index contributed by atoms with van der Waals surface area (Å²) in [6.07, 6.45) is 2.63. The van der Waals surface area contributed by atoms with Crippen LogP contribution >= 0.6 is 15.9 Å². The number of halogens is 1.